The van der Waals surface area contributed by atoms with Crippen molar-refractivity contribution < 1.29 is 4.52 Å². The predicted molar refractivity (Wildman–Crippen MR) is 65.9 cm³/mol. The lowest BCUT2D eigenvalue weighted by Gasteiger charge is -2.27. The van der Waals surface area contributed by atoms with Gasteiger partial charge in [-0.3, -0.25) is 0 Å². The summed E-state index contributed by atoms with van der Waals surface area (Å²) < 4.78 is 5.29. The van der Waals surface area contributed by atoms with E-state index >= 15 is 0 Å². The zero-order valence-electron chi connectivity index (χ0n) is 10.8. The number of nitrogens with one attached hydrogen (secondary N) is 1. The van der Waals surface area contributed by atoms with E-state index in [0.717, 1.165) is 31.1 Å². The highest BCUT2D eigenvalue weighted by molar-refractivity contribution is 4.89. The van der Waals surface area contributed by atoms with Gasteiger partial charge in [-0.05, 0) is 45.9 Å². The summed E-state index contributed by atoms with van der Waals surface area (Å²) in [4.78, 5) is 6.81. The van der Waals surface area contributed by atoms with Gasteiger partial charge in [-0.2, -0.15) is 4.98 Å². The van der Waals surface area contributed by atoms with Crippen LogP contribution in [-0.4, -0.2) is 48.8 Å². The van der Waals surface area contributed by atoms with Crippen LogP contribution in [0.5, 0.6) is 0 Å². The second-order valence-corrected chi connectivity index (χ2v) is 4.91. The zero-order chi connectivity index (χ0) is 12.1. The molecule has 0 radical (unpaired) electrons. The van der Waals surface area contributed by atoms with E-state index in [-0.39, 0.29) is 0 Å². The van der Waals surface area contributed by atoms with Gasteiger partial charge in [-0.15, -0.1) is 0 Å². The van der Waals surface area contributed by atoms with Crippen LogP contribution in [0.25, 0.3) is 0 Å². The SMILES string of the molecule is CNCCc1noc(CC2CCN(C)CC2)n1. The predicted octanol–water partition coefficient (Wildman–Crippen LogP) is 0.716. The molecular weight excluding hydrogens is 216 g/mol. The normalized spacial score (nSPS) is 18.7. The van der Waals surface area contributed by atoms with Crippen molar-refractivity contribution in [2.75, 3.05) is 33.7 Å². The molecule has 0 spiro atoms. The lowest BCUT2D eigenvalue weighted by molar-refractivity contribution is 0.208. The first-order valence-corrected chi connectivity index (χ1v) is 6.42. The number of piperidine rings is 1. The number of hydrogen-bond acceptors (Lipinski definition) is 5. The summed E-state index contributed by atoms with van der Waals surface area (Å²) in [7, 11) is 4.11. The van der Waals surface area contributed by atoms with E-state index in [1.54, 1.807) is 0 Å². The minimum absolute atomic E-state index is 0.712. The van der Waals surface area contributed by atoms with Gasteiger partial charge in [-0.1, -0.05) is 5.16 Å². The maximum Gasteiger partial charge on any atom is 0.226 e. The largest absolute Gasteiger partial charge is 0.339 e. The number of rotatable bonds is 5. The average molecular weight is 238 g/mol. The Balaban J connectivity index is 1.80. The van der Waals surface area contributed by atoms with E-state index < -0.39 is 0 Å². The molecule has 96 valence electrons. The first kappa shape index (κ1) is 12.5. The average Bonchev–Trinajstić information content (AvgIpc) is 2.77. The Hall–Kier alpha value is -0.940. The van der Waals surface area contributed by atoms with E-state index in [9.17, 15) is 0 Å². The highest BCUT2D eigenvalue weighted by Crippen LogP contribution is 2.19. The van der Waals surface area contributed by atoms with Crippen molar-refractivity contribution in [3.63, 3.8) is 0 Å². The molecule has 1 aromatic heterocycles. The van der Waals surface area contributed by atoms with Crippen LogP contribution >= 0.6 is 0 Å². The van der Waals surface area contributed by atoms with Crippen molar-refractivity contribution in [3.8, 4) is 0 Å². The lowest BCUT2D eigenvalue weighted by Crippen LogP contribution is -2.31. The topological polar surface area (TPSA) is 54.2 Å². The molecular formula is C12H22N4O. The molecule has 0 bridgehead atoms. The Kier molecular flexibility index (Phi) is 4.50. The van der Waals surface area contributed by atoms with Gasteiger partial charge < -0.3 is 14.7 Å². The number of aromatic nitrogens is 2. The quantitative estimate of drug-likeness (QED) is 0.819. The van der Waals surface area contributed by atoms with Crippen LogP contribution in [0.15, 0.2) is 4.52 Å². The van der Waals surface area contributed by atoms with Gasteiger partial charge in [0.1, 0.15) is 0 Å². The Labute approximate surface area is 103 Å². The van der Waals surface area contributed by atoms with Crippen LogP contribution < -0.4 is 5.32 Å². The zero-order valence-corrected chi connectivity index (χ0v) is 10.8. The first-order chi connectivity index (χ1) is 8.28. The van der Waals surface area contributed by atoms with Gasteiger partial charge in [0.25, 0.3) is 0 Å². The van der Waals surface area contributed by atoms with E-state index in [4.69, 9.17) is 4.52 Å². The van der Waals surface area contributed by atoms with Crippen LogP contribution in [0.3, 0.4) is 0 Å². The Bertz CT molecular complexity index is 331. The van der Waals surface area contributed by atoms with Crippen molar-refractivity contribution in [1.29, 1.82) is 0 Å². The van der Waals surface area contributed by atoms with Gasteiger partial charge in [0.2, 0.25) is 5.89 Å². The summed E-state index contributed by atoms with van der Waals surface area (Å²) in [5.41, 5.74) is 0. The molecule has 0 aromatic carbocycles. The fraction of sp³-hybridized carbons (Fsp3) is 0.833. The molecule has 17 heavy (non-hydrogen) atoms. The molecule has 5 heteroatoms. The number of likely N-dealkylation sites (tertiary alicyclic amines) is 1. The fourth-order valence-corrected chi connectivity index (χ4v) is 2.22. The molecule has 1 aromatic rings. The van der Waals surface area contributed by atoms with Crippen molar-refractivity contribution >= 4 is 0 Å². The summed E-state index contributed by atoms with van der Waals surface area (Å²) in [6.07, 6.45) is 4.27. The van der Waals surface area contributed by atoms with E-state index in [0.29, 0.717) is 5.92 Å². The maximum absolute atomic E-state index is 5.29. The molecule has 1 fully saturated rings. The maximum atomic E-state index is 5.29. The second-order valence-electron chi connectivity index (χ2n) is 4.91. The molecule has 0 saturated carbocycles. The second kappa shape index (κ2) is 6.12. The lowest BCUT2D eigenvalue weighted by atomic mass is 9.94. The van der Waals surface area contributed by atoms with Gasteiger partial charge in [-0.25, -0.2) is 0 Å². The third-order valence-electron chi connectivity index (χ3n) is 3.41. The third-order valence-corrected chi connectivity index (χ3v) is 3.41. The number of likely N-dealkylation sites (N-methyl/N-ethyl adjacent to an activating group) is 1. The van der Waals surface area contributed by atoms with Crippen molar-refractivity contribution in [2.24, 2.45) is 5.92 Å². The van der Waals surface area contributed by atoms with E-state index in [1.807, 2.05) is 7.05 Å². The van der Waals surface area contributed by atoms with Gasteiger partial charge >= 0.3 is 0 Å². The summed E-state index contributed by atoms with van der Waals surface area (Å²) in [5, 5.41) is 7.08. The fourth-order valence-electron chi connectivity index (χ4n) is 2.22. The molecule has 0 amide bonds. The Morgan fingerprint density at radius 1 is 1.41 bits per heavy atom. The van der Waals surface area contributed by atoms with Crippen molar-refractivity contribution in [3.05, 3.63) is 11.7 Å². The van der Waals surface area contributed by atoms with Gasteiger partial charge in [0, 0.05) is 19.4 Å². The molecule has 1 aliphatic heterocycles. The van der Waals surface area contributed by atoms with E-state index in [2.05, 4.69) is 27.4 Å². The third kappa shape index (κ3) is 3.78. The van der Waals surface area contributed by atoms with E-state index in [1.165, 1.54) is 25.9 Å². The van der Waals surface area contributed by atoms with Crippen LogP contribution in [-0.2, 0) is 12.8 Å². The van der Waals surface area contributed by atoms with Gasteiger partial charge in [0.15, 0.2) is 5.82 Å². The van der Waals surface area contributed by atoms with Crippen LogP contribution in [0, 0.1) is 5.92 Å². The Morgan fingerprint density at radius 3 is 2.88 bits per heavy atom. The molecule has 0 aliphatic carbocycles. The first-order valence-electron chi connectivity index (χ1n) is 6.42. The monoisotopic (exact) mass is 238 g/mol. The summed E-state index contributed by atoms with van der Waals surface area (Å²) in [6, 6.07) is 0. The van der Waals surface area contributed by atoms with Crippen LogP contribution in [0.1, 0.15) is 24.6 Å². The molecule has 1 saturated heterocycles. The minimum atomic E-state index is 0.712. The van der Waals surface area contributed by atoms with Crippen LogP contribution in [0.4, 0.5) is 0 Å². The standard InChI is InChI=1S/C12H22N4O/c1-13-6-3-11-14-12(17-15-11)9-10-4-7-16(2)8-5-10/h10,13H,3-9H2,1-2H3. The molecule has 0 atom stereocenters. The van der Waals surface area contributed by atoms with Crippen molar-refractivity contribution in [2.45, 2.75) is 25.7 Å². The number of nitrogens with zero attached hydrogens (tertiary/aromatic N) is 3. The molecule has 1 aliphatic rings. The van der Waals surface area contributed by atoms with Gasteiger partial charge in [0.05, 0.1) is 0 Å². The molecule has 5 nitrogen and oxygen atoms in total. The Morgan fingerprint density at radius 2 is 2.18 bits per heavy atom. The smallest absolute Gasteiger partial charge is 0.226 e. The highest BCUT2D eigenvalue weighted by atomic mass is 16.5. The summed E-state index contributed by atoms with van der Waals surface area (Å²) >= 11 is 0. The summed E-state index contributed by atoms with van der Waals surface area (Å²) in [5.74, 6) is 2.34. The van der Waals surface area contributed by atoms with Crippen LogP contribution in [0.2, 0.25) is 0 Å². The summed E-state index contributed by atoms with van der Waals surface area (Å²) in [6.45, 7) is 3.27. The highest BCUT2D eigenvalue weighted by Gasteiger charge is 2.19. The minimum Gasteiger partial charge on any atom is -0.339 e. The molecule has 0 unspecified atom stereocenters. The number of hydrogen-bond donors (Lipinski definition) is 1. The molecule has 2 rings (SSSR count). The molecule has 2 heterocycles. The molecule has 1 N–H and O–H groups in total. The van der Waals surface area contributed by atoms with Crippen molar-refractivity contribution in [1.82, 2.24) is 20.4 Å².